The minimum absolute atomic E-state index is 0.211. The Morgan fingerprint density at radius 1 is 1.23 bits per heavy atom. The van der Waals surface area contributed by atoms with E-state index >= 15 is 0 Å². The summed E-state index contributed by atoms with van der Waals surface area (Å²) >= 11 is 0. The summed E-state index contributed by atoms with van der Waals surface area (Å²) in [4.78, 5) is 19.2. The average molecular weight is 352 g/mol. The molecular weight excluding hydrogens is 330 g/mol. The van der Waals surface area contributed by atoms with Crippen LogP contribution in [0, 0.1) is 0 Å². The summed E-state index contributed by atoms with van der Waals surface area (Å²) in [7, 11) is 0. The fraction of sp³-hybridized carbons (Fsp3) is 0.300. The number of fused-ring (bicyclic) bond motifs is 1. The number of nitrogens with one attached hydrogen (secondary N) is 1. The maximum Gasteiger partial charge on any atom is 0.258 e. The molecule has 1 fully saturated rings. The molecule has 0 radical (unpaired) electrons. The second kappa shape index (κ2) is 7.68. The Hall–Kier alpha value is -2.70. The van der Waals surface area contributed by atoms with Crippen LogP contribution in [0.15, 0.2) is 59.7 Å². The molecule has 6 heteroatoms. The van der Waals surface area contributed by atoms with E-state index in [1.165, 1.54) is 6.33 Å². The van der Waals surface area contributed by atoms with E-state index in [2.05, 4.69) is 4.98 Å². The Balaban J connectivity index is 1.68. The molecule has 1 saturated heterocycles. The van der Waals surface area contributed by atoms with E-state index in [9.17, 15) is 4.79 Å². The van der Waals surface area contributed by atoms with Gasteiger partial charge >= 0.3 is 0 Å². The molecule has 1 aliphatic rings. The SMILES string of the molecule is [2H]n1cnc2ccc(N(COC3CCCCO3)c3ccccc3)cc2c1=O. The van der Waals surface area contributed by atoms with Crippen LogP contribution in [0.25, 0.3) is 10.9 Å². The number of hydrogen-bond acceptors (Lipinski definition) is 5. The van der Waals surface area contributed by atoms with Crippen molar-refractivity contribution in [2.24, 2.45) is 0 Å². The van der Waals surface area contributed by atoms with Gasteiger partial charge in [-0.3, -0.25) is 4.79 Å². The Morgan fingerprint density at radius 3 is 2.92 bits per heavy atom. The highest BCUT2D eigenvalue weighted by atomic mass is 16.7. The molecule has 2 aromatic carbocycles. The van der Waals surface area contributed by atoms with Gasteiger partial charge in [0.15, 0.2) is 7.70 Å². The second-order valence-electron chi connectivity index (χ2n) is 6.24. The number of hydrogen-bond donors (Lipinski definition) is 1. The van der Waals surface area contributed by atoms with Gasteiger partial charge in [-0.2, -0.15) is 0 Å². The Bertz CT molecular complexity index is 971. The largest absolute Gasteiger partial charge is 0.353 e. The van der Waals surface area contributed by atoms with Gasteiger partial charge in [-0.15, -0.1) is 0 Å². The minimum atomic E-state index is -0.397. The topological polar surface area (TPSA) is 67.5 Å². The lowest BCUT2D eigenvalue weighted by Crippen LogP contribution is -2.29. The number of benzene rings is 2. The fourth-order valence-corrected chi connectivity index (χ4v) is 3.10. The number of para-hydroxylation sites is 1. The summed E-state index contributed by atoms with van der Waals surface area (Å²) in [6.07, 6.45) is 4.05. The highest BCUT2D eigenvalue weighted by Crippen LogP contribution is 2.27. The summed E-state index contributed by atoms with van der Waals surface area (Å²) in [6.45, 7) is 1.02. The summed E-state index contributed by atoms with van der Waals surface area (Å²) in [5.74, 6) is 0. The fourth-order valence-electron chi connectivity index (χ4n) is 3.10. The van der Waals surface area contributed by atoms with Crippen LogP contribution in [0.1, 0.15) is 19.3 Å². The van der Waals surface area contributed by atoms with E-state index in [4.69, 9.17) is 10.9 Å². The molecule has 1 N–H and O–H groups in total. The molecule has 0 amide bonds. The lowest BCUT2D eigenvalue weighted by Gasteiger charge is -2.29. The molecule has 1 aliphatic heterocycles. The quantitative estimate of drug-likeness (QED) is 0.711. The third kappa shape index (κ3) is 3.61. The molecular formula is C20H21N3O3. The maximum atomic E-state index is 12.3. The molecule has 0 aliphatic carbocycles. The van der Waals surface area contributed by atoms with E-state index in [0.29, 0.717) is 17.6 Å². The van der Waals surface area contributed by atoms with Crippen molar-refractivity contribution < 1.29 is 10.9 Å². The molecule has 1 unspecified atom stereocenters. The zero-order valence-corrected chi connectivity index (χ0v) is 14.4. The molecule has 1 aromatic heterocycles. The zero-order valence-electron chi connectivity index (χ0n) is 15.4. The lowest BCUT2D eigenvalue weighted by atomic mass is 10.2. The van der Waals surface area contributed by atoms with Crippen LogP contribution in [0.3, 0.4) is 0 Å². The molecule has 3 aromatic rings. The monoisotopic (exact) mass is 352 g/mol. The molecule has 134 valence electrons. The summed E-state index contributed by atoms with van der Waals surface area (Å²) < 4.78 is 19.3. The van der Waals surface area contributed by atoms with Gasteiger partial charge in [-0.25, -0.2) is 4.98 Å². The van der Waals surface area contributed by atoms with E-state index in [1.54, 1.807) is 12.1 Å². The van der Waals surface area contributed by atoms with Gasteiger partial charge < -0.3 is 19.4 Å². The lowest BCUT2D eigenvalue weighted by molar-refractivity contribution is -0.160. The summed E-state index contributed by atoms with van der Waals surface area (Å²) in [5.41, 5.74) is 1.92. The molecule has 1 atom stereocenters. The minimum Gasteiger partial charge on any atom is -0.353 e. The van der Waals surface area contributed by atoms with Gasteiger partial charge in [0.25, 0.3) is 5.56 Å². The molecule has 0 spiro atoms. The van der Waals surface area contributed by atoms with Gasteiger partial charge in [0.1, 0.15) is 6.73 Å². The van der Waals surface area contributed by atoms with Crippen molar-refractivity contribution in [3.05, 3.63) is 65.2 Å². The first-order valence-corrected chi connectivity index (χ1v) is 8.79. The van der Waals surface area contributed by atoms with E-state index in [1.807, 2.05) is 41.3 Å². The van der Waals surface area contributed by atoms with Crippen molar-refractivity contribution in [3.63, 3.8) is 0 Å². The molecule has 4 rings (SSSR count). The van der Waals surface area contributed by atoms with Crippen molar-refractivity contribution in [3.8, 4) is 0 Å². The van der Waals surface area contributed by atoms with Crippen molar-refractivity contribution in [2.75, 3.05) is 18.2 Å². The van der Waals surface area contributed by atoms with Crippen LogP contribution in [-0.2, 0) is 9.47 Å². The number of ether oxygens (including phenoxy) is 2. The molecule has 0 saturated carbocycles. The molecule has 6 nitrogen and oxygen atoms in total. The number of anilines is 2. The number of aromatic amines is 1. The molecule has 26 heavy (non-hydrogen) atoms. The molecule has 2 heterocycles. The van der Waals surface area contributed by atoms with Crippen LogP contribution in [0.2, 0.25) is 1.41 Å². The number of H-pyrrole nitrogens is 1. The van der Waals surface area contributed by atoms with Crippen molar-refractivity contribution >= 4 is 22.3 Å². The normalized spacial score (nSPS) is 17.8. The van der Waals surface area contributed by atoms with Gasteiger partial charge in [0, 0.05) is 18.0 Å². The predicted octanol–water partition coefficient (Wildman–Crippen LogP) is 3.56. The first-order valence-electron chi connectivity index (χ1n) is 9.23. The standard InChI is InChI=1S/C20H21N3O3/c24-20-17-12-16(9-10-18(17)21-13-22-20)23(15-6-2-1-3-7-15)14-26-19-8-4-5-11-25-19/h1-3,6-7,9-10,12-13,19H,4-5,8,11,14H2,(H,21,22,24)/i/hD. The van der Waals surface area contributed by atoms with Crippen molar-refractivity contribution in [2.45, 2.75) is 25.6 Å². The van der Waals surface area contributed by atoms with Crippen LogP contribution >= 0.6 is 0 Å². The highest BCUT2D eigenvalue weighted by Gasteiger charge is 2.17. The van der Waals surface area contributed by atoms with Gasteiger partial charge in [-0.1, -0.05) is 18.2 Å². The van der Waals surface area contributed by atoms with Crippen LogP contribution in [0.4, 0.5) is 11.4 Å². The number of aromatic nitrogens is 2. The number of nitrogens with zero attached hydrogens (tertiary/aromatic N) is 2. The van der Waals surface area contributed by atoms with Gasteiger partial charge in [-0.05, 0) is 49.6 Å². The highest BCUT2D eigenvalue weighted by molar-refractivity contribution is 5.83. The summed E-state index contributed by atoms with van der Waals surface area (Å²) in [5, 5.41) is 0.403. The Morgan fingerprint density at radius 2 is 2.12 bits per heavy atom. The van der Waals surface area contributed by atoms with E-state index < -0.39 is 5.56 Å². The smallest absolute Gasteiger partial charge is 0.258 e. The van der Waals surface area contributed by atoms with Crippen LogP contribution in [0.5, 0.6) is 0 Å². The third-order valence-electron chi connectivity index (χ3n) is 4.49. The van der Waals surface area contributed by atoms with Crippen LogP contribution in [-0.4, -0.2) is 29.6 Å². The third-order valence-corrected chi connectivity index (χ3v) is 4.49. The first-order chi connectivity index (χ1) is 13.2. The zero-order chi connectivity index (χ0) is 18.6. The summed E-state index contributed by atoms with van der Waals surface area (Å²) in [6, 6.07) is 15.3. The van der Waals surface area contributed by atoms with Gasteiger partial charge in [0.05, 0.1) is 17.2 Å². The number of rotatable bonds is 5. The Kier molecular flexibility index (Phi) is 4.59. The van der Waals surface area contributed by atoms with E-state index in [-0.39, 0.29) is 6.29 Å². The maximum absolute atomic E-state index is 12.3. The first kappa shape index (κ1) is 15.5. The molecule has 0 bridgehead atoms. The Labute approximate surface area is 152 Å². The van der Waals surface area contributed by atoms with Crippen LogP contribution < -0.4 is 10.5 Å². The van der Waals surface area contributed by atoms with Gasteiger partial charge in [0.2, 0.25) is 0 Å². The van der Waals surface area contributed by atoms with E-state index in [0.717, 1.165) is 42.2 Å². The predicted molar refractivity (Wildman–Crippen MR) is 100 cm³/mol. The average Bonchev–Trinajstić information content (AvgIpc) is 2.73. The van der Waals surface area contributed by atoms with Crippen molar-refractivity contribution in [1.82, 2.24) is 9.96 Å². The second-order valence-corrected chi connectivity index (χ2v) is 6.24. The van der Waals surface area contributed by atoms with Crippen molar-refractivity contribution in [1.29, 1.82) is 0 Å².